The molecule has 0 spiro atoms. The standard InChI is InChI=1S/C14H29NO3/c1-4-6-7-9-15(10-8-11-18-5-2)12-13(3)14(16)17/h13H,4-12H2,1-3H3,(H,16,17). The number of hydrogen-bond donors (Lipinski definition) is 1. The molecule has 1 unspecified atom stereocenters. The van der Waals surface area contributed by atoms with Gasteiger partial charge in [0.2, 0.25) is 0 Å². The molecule has 0 rings (SSSR count). The van der Waals surface area contributed by atoms with E-state index in [-0.39, 0.29) is 5.92 Å². The molecule has 0 aliphatic carbocycles. The molecule has 18 heavy (non-hydrogen) atoms. The summed E-state index contributed by atoms with van der Waals surface area (Å²) >= 11 is 0. The largest absolute Gasteiger partial charge is 0.481 e. The Bertz CT molecular complexity index is 209. The number of aliphatic carboxylic acids is 1. The maximum absolute atomic E-state index is 10.9. The van der Waals surface area contributed by atoms with Gasteiger partial charge in [-0.2, -0.15) is 0 Å². The van der Waals surface area contributed by atoms with E-state index in [9.17, 15) is 4.79 Å². The third-order valence-electron chi connectivity index (χ3n) is 3.00. The zero-order valence-electron chi connectivity index (χ0n) is 12.2. The van der Waals surface area contributed by atoms with E-state index in [1.807, 2.05) is 6.92 Å². The third kappa shape index (κ3) is 9.42. The first-order valence-electron chi connectivity index (χ1n) is 7.14. The molecular weight excluding hydrogens is 230 g/mol. The van der Waals surface area contributed by atoms with Crippen LogP contribution in [0.1, 0.15) is 46.5 Å². The number of rotatable bonds is 12. The normalized spacial score (nSPS) is 12.9. The lowest BCUT2D eigenvalue weighted by molar-refractivity contribution is -0.141. The smallest absolute Gasteiger partial charge is 0.307 e. The van der Waals surface area contributed by atoms with Crippen LogP contribution in [0.5, 0.6) is 0 Å². The van der Waals surface area contributed by atoms with Gasteiger partial charge in [0.1, 0.15) is 0 Å². The zero-order chi connectivity index (χ0) is 13.8. The molecule has 0 fully saturated rings. The maximum Gasteiger partial charge on any atom is 0.307 e. The van der Waals surface area contributed by atoms with Gasteiger partial charge in [-0.15, -0.1) is 0 Å². The number of hydrogen-bond acceptors (Lipinski definition) is 3. The highest BCUT2D eigenvalue weighted by atomic mass is 16.5. The fraction of sp³-hybridized carbons (Fsp3) is 0.929. The Labute approximate surface area is 111 Å². The second-order valence-electron chi connectivity index (χ2n) is 4.80. The highest BCUT2D eigenvalue weighted by Crippen LogP contribution is 2.05. The van der Waals surface area contributed by atoms with Crippen molar-refractivity contribution in [2.45, 2.75) is 46.5 Å². The van der Waals surface area contributed by atoms with Crippen molar-refractivity contribution in [3.63, 3.8) is 0 Å². The molecule has 0 amide bonds. The summed E-state index contributed by atoms with van der Waals surface area (Å²) in [5.74, 6) is -1.00. The Morgan fingerprint density at radius 2 is 1.89 bits per heavy atom. The van der Waals surface area contributed by atoms with E-state index >= 15 is 0 Å². The summed E-state index contributed by atoms with van der Waals surface area (Å²) in [6, 6.07) is 0. The van der Waals surface area contributed by atoms with Crippen LogP contribution in [0.15, 0.2) is 0 Å². The molecule has 1 atom stereocenters. The highest BCUT2D eigenvalue weighted by Gasteiger charge is 2.15. The van der Waals surface area contributed by atoms with Crippen molar-refractivity contribution in [3.05, 3.63) is 0 Å². The average Bonchev–Trinajstić information content (AvgIpc) is 2.34. The van der Waals surface area contributed by atoms with E-state index in [4.69, 9.17) is 9.84 Å². The molecule has 0 aliphatic rings. The van der Waals surface area contributed by atoms with Gasteiger partial charge < -0.3 is 14.7 Å². The number of unbranched alkanes of at least 4 members (excludes halogenated alkanes) is 2. The summed E-state index contributed by atoms with van der Waals surface area (Å²) in [6.45, 7) is 10.0. The van der Waals surface area contributed by atoms with Crippen LogP contribution in [-0.4, -0.2) is 48.8 Å². The molecule has 0 saturated carbocycles. The van der Waals surface area contributed by atoms with Gasteiger partial charge in [0.25, 0.3) is 0 Å². The molecule has 0 aromatic heterocycles. The van der Waals surface area contributed by atoms with Gasteiger partial charge in [-0.3, -0.25) is 4.79 Å². The number of carbonyl (C=O) groups is 1. The molecular formula is C14H29NO3. The van der Waals surface area contributed by atoms with Crippen molar-refractivity contribution in [3.8, 4) is 0 Å². The Hall–Kier alpha value is -0.610. The molecule has 0 aliphatic heterocycles. The molecule has 0 saturated heterocycles. The van der Waals surface area contributed by atoms with Crippen LogP contribution in [0.25, 0.3) is 0 Å². The van der Waals surface area contributed by atoms with E-state index in [2.05, 4.69) is 11.8 Å². The van der Waals surface area contributed by atoms with Crippen molar-refractivity contribution in [1.29, 1.82) is 0 Å². The van der Waals surface area contributed by atoms with Gasteiger partial charge in [0, 0.05) is 26.3 Å². The summed E-state index contributed by atoms with van der Waals surface area (Å²) < 4.78 is 5.32. The van der Waals surface area contributed by atoms with E-state index in [0.717, 1.165) is 39.1 Å². The molecule has 0 bridgehead atoms. The van der Waals surface area contributed by atoms with Crippen molar-refractivity contribution in [2.75, 3.05) is 32.8 Å². The molecule has 0 radical (unpaired) electrons. The first-order valence-corrected chi connectivity index (χ1v) is 7.14. The topological polar surface area (TPSA) is 49.8 Å². The first kappa shape index (κ1) is 17.4. The van der Waals surface area contributed by atoms with Gasteiger partial charge in [0.15, 0.2) is 0 Å². The second-order valence-corrected chi connectivity index (χ2v) is 4.80. The summed E-state index contributed by atoms with van der Waals surface area (Å²) in [5.41, 5.74) is 0. The van der Waals surface area contributed by atoms with E-state index < -0.39 is 5.97 Å². The number of carboxylic acids is 1. The van der Waals surface area contributed by atoms with Crippen molar-refractivity contribution < 1.29 is 14.6 Å². The Balaban J connectivity index is 3.94. The van der Waals surface area contributed by atoms with E-state index in [1.54, 1.807) is 6.92 Å². The Morgan fingerprint density at radius 1 is 1.22 bits per heavy atom. The third-order valence-corrected chi connectivity index (χ3v) is 3.00. The fourth-order valence-electron chi connectivity index (χ4n) is 1.88. The highest BCUT2D eigenvalue weighted by molar-refractivity contribution is 5.69. The van der Waals surface area contributed by atoms with Crippen molar-refractivity contribution >= 4 is 5.97 Å². The summed E-state index contributed by atoms with van der Waals surface area (Å²) in [7, 11) is 0. The lowest BCUT2D eigenvalue weighted by Gasteiger charge is -2.24. The van der Waals surface area contributed by atoms with E-state index in [0.29, 0.717) is 6.54 Å². The predicted octanol–water partition coefficient (Wildman–Crippen LogP) is 2.63. The van der Waals surface area contributed by atoms with Gasteiger partial charge >= 0.3 is 5.97 Å². The molecule has 0 heterocycles. The minimum Gasteiger partial charge on any atom is -0.481 e. The lowest BCUT2D eigenvalue weighted by atomic mass is 10.1. The predicted molar refractivity (Wildman–Crippen MR) is 73.9 cm³/mol. The van der Waals surface area contributed by atoms with Gasteiger partial charge in [0.05, 0.1) is 5.92 Å². The average molecular weight is 259 g/mol. The Kier molecular flexibility index (Phi) is 11.1. The number of ether oxygens (including phenoxy) is 1. The minimum absolute atomic E-state index is 0.293. The SMILES string of the molecule is CCCCCN(CCCOCC)CC(C)C(=O)O. The zero-order valence-corrected chi connectivity index (χ0v) is 12.2. The molecule has 0 aromatic carbocycles. The molecule has 1 N–H and O–H groups in total. The van der Waals surface area contributed by atoms with Crippen molar-refractivity contribution in [2.24, 2.45) is 5.92 Å². The molecule has 108 valence electrons. The van der Waals surface area contributed by atoms with Crippen LogP contribution in [0, 0.1) is 5.92 Å². The van der Waals surface area contributed by atoms with Crippen LogP contribution >= 0.6 is 0 Å². The van der Waals surface area contributed by atoms with Gasteiger partial charge in [-0.1, -0.05) is 26.7 Å². The van der Waals surface area contributed by atoms with Crippen LogP contribution < -0.4 is 0 Å². The number of nitrogens with zero attached hydrogens (tertiary/aromatic N) is 1. The fourth-order valence-corrected chi connectivity index (χ4v) is 1.88. The second kappa shape index (κ2) is 11.5. The number of carboxylic acid groups (broad SMARTS) is 1. The van der Waals surface area contributed by atoms with Gasteiger partial charge in [-0.05, 0) is 26.3 Å². The summed E-state index contributed by atoms with van der Waals surface area (Å²) in [4.78, 5) is 13.1. The van der Waals surface area contributed by atoms with E-state index in [1.165, 1.54) is 12.8 Å². The van der Waals surface area contributed by atoms with Crippen LogP contribution in [0.3, 0.4) is 0 Å². The molecule has 0 aromatic rings. The molecule has 4 heteroatoms. The van der Waals surface area contributed by atoms with Crippen LogP contribution in [-0.2, 0) is 9.53 Å². The maximum atomic E-state index is 10.9. The Morgan fingerprint density at radius 3 is 2.44 bits per heavy atom. The lowest BCUT2D eigenvalue weighted by Crippen LogP contribution is -2.34. The summed E-state index contributed by atoms with van der Waals surface area (Å²) in [5, 5.41) is 8.96. The quantitative estimate of drug-likeness (QED) is 0.547. The monoisotopic (exact) mass is 259 g/mol. The van der Waals surface area contributed by atoms with Gasteiger partial charge in [-0.25, -0.2) is 0 Å². The van der Waals surface area contributed by atoms with Crippen LogP contribution in [0.2, 0.25) is 0 Å². The van der Waals surface area contributed by atoms with Crippen molar-refractivity contribution in [1.82, 2.24) is 4.90 Å². The molecule has 4 nitrogen and oxygen atoms in total. The first-order chi connectivity index (χ1) is 8.61. The minimum atomic E-state index is -0.708. The van der Waals surface area contributed by atoms with Crippen LogP contribution in [0.4, 0.5) is 0 Å². The summed E-state index contributed by atoms with van der Waals surface area (Å²) in [6.07, 6.45) is 4.54.